The molecule has 0 fully saturated rings. The molecular formula is C13H9N5. The van der Waals surface area contributed by atoms with Gasteiger partial charge in [-0.25, -0.2) is 9.50 Å². The molecular weight excluding hydrogens is 226 g/mol. The van der Waals surface area contributed by atoms with Crippen LogP contribution in [0.2, 0.25) is 0 Å². The molecule has 3 aromatic rings. The molecule has 18 heavy (non-hydrogen) atoms. The Hall–Kier alpha value is -2.87. The second-order valence-corrected chi connectivity index (χ2v) is 3.85. The van der Waals surface area contributed by atoms with Crippen LogP contribution in [0.4, 0.5) is 5.69 Å². The second kappa shape index (κ2) is 3.86. The topological polar surface area (TPSA) is 80.0 Å². The van der Waals surface area contributed by atoms with Crippen molar-refractivity contribution < 1.29 is 0 Å². The van der Waals surface area contributed by atoms with E-state index in [0.29, 0.717) is 22.9 Å². The number of hydrogen-bond donors (Lipinski definition) is 1. The first-order chi connectivity index (χ1) is 8.78. The van der Waals surface area contributed by atoms with Crippen LogP contribution in [0.25, 0.3) is 17.0 Å². The van der Waals surface area contributed by atoms with Crippen molar-refractivity contribution >= 4 is 11.3 Å². The third-order valence-corrected chi connectivity index (χ3v) is 2.64. The van der Waals surface area contributed by atoms with Crippen molar-refractivity contribution in [2.75, 3.05) is 5.73 Å². The maximum Gasteiger partial charge on any atom is 0.182 e. The van der Waals surface area contributed by atoms with E-state index in [-0.39, 0.29) is 0 Å². The molecule has 1 aromatic carbocycles. The second-order valence-electron chi connectivity index (χ2n) is 3.85. The third-order valence-electron chi connectivity index (χ3n) is 2.64. The van der Waals surface area contributed by atoms with Gasteiger partial charge < -0.3 is 5.73 Å². The summed E-state index contributed by atoms with van der Waals surface area (Å²) >= 11 is 0. The van der Waals surface area contributed by atoms with Gasteiger partial charge in [0, 0.05) is 11.3 Å². The number of nitrogens with two attached hydrogens (primary N) is 1. The molecule has 2 aromatic heterocycles. The Morgan fingerprint density at radius 3 is 2.61 bits per heavy atom. The fraction of sp³-hybridized carbons (Fsp3) is 0. The monoisotopic (exact) mass is 235 g/mol. The summed E-state index contributed by atoms with van der Waals surface area (Å²) < 4.78 is 1.53. The van der Waals surface area contributed by atoms with Crippen LogP contribution < -0.4 is 5.73 Å². The summed E-state index contributed by atoms with van der Waals surface area (Å²) in [5.41, 5.74) is 8.32. The van der Waals surface area contributed by atoms with Crippen LogP contribution in [0, 0.1) is 11.3 Å². The minimum absolute atomic E-state index is 0.460. The van der Waals surface area contributed by atoms with Gasteiger partial charge in [0.15, 0.2) is 11.5 Å². The number of benzene rings is 1. The zero-order valence-corrected chi connectivity index (χ0v) is 9.41. The molecule has 5 heteroatoms. The Kier molecular flexibility index (Phi) is 2.21. The summed E-state index contributed by atoms with van der Waals surface area (Å²) in [4.78, 5) is 4.38. The molecule has 0 unspecified atom stereocenters. The lowest BCUT2D eigenvalue weighted by Crippen LogP contribution is -1.93. The van der Waals surface area contributed by atoms with Crippen molar-refractivity contribution in [1.82, 2.24) is 14.6 Å². The zero-order chi connectivity index (χ0) is 12.5. The average Bonchev–Trinajstić information content (AvgIpc) is 2.83. The van der Waals surface area contributed by atoms with Crippen LogP contribution in [0.3, 0.4) is 0 Å². The Balaban J connectivity index is 2.20. The Morgan fingerprint density at radius 1 is 1.11 bits per heavy atom. The number of nitrogen functional groups attached to an aromatic ring is 1. The molecule has 86 valence electrons. The number of hydrogen-bond acceptors (Lipinski definition) is 4. The maximum absolute atomic E-state index is 9.00. The van der Waals surface area contributed by atoms with Gasteiger partial charge in [-0.15, -0.1) is 5.10 Å². The first kappa shape index (κ1) is 10.3. The Labute approximate surface area is 103 Å². The smallest absolute Gasteiger partial charge is 0.182 e. The predicted molar refractivity (Wildman–Crippen MR) is 67.6 cm³/mol. The lowest BCUT2D eigenvalue weighted by molar-refractivity contribution is 0.945. The third kappa shape index (κ3) is 1.57. The number of fused-ring (bicyclic) bond motifs is 1. The molecule has 0 aliphatic rings. The van der Waals surface area contributed by atoms with E-state index in [2.05, 4.69) is 16.2 Å². The first-order valence-electron chi connectivity index (χ1n) is 5.40. The van der Waals surface area contributed by atoms with E-state index in [1.54, 1.807) is 24.3 Å². The van der Waals surface area contributed by atoms with Gasteiger partial charge in [0.05, 0.1) is 0 Å². The van der Waals surface area contributed by atoms with Crippen LogP contribution >= 0.6 is 0 Å². The fourth-order valence-corrected chi connectivity index (χ4v) is 1.74. The van der Waals surface area contributed by atoms with Gasteiger partial charge in [0.2, 0.25) is 0 Å². The van der Waals surface area contributed by atoms with Crippen LogP contribution in [0.1, 0.15) is 5.69 Å². The van der Waals surface area contributed by atoms with Crippen molar-refractivity contribution in [3.63, 3.8) is 0 Å². The molecule has 0 atom stereocenters. The molecule has 0 spiro atoms. The molecule has 3 rings (SSSR count). The number of anilines is 1. The van der Waals surface area contributed by atoms with Crippen LogP contribution in [0.5, 0.6) is 0 Å². The molecule has 5 nitrogen and oxygen atoms in total. The van der Waals surface area contributed by atoms with E-state index < -0.39 is 0 Å². The molecule has 0 saturated carbocycles. The predicted octanol–water partition coefficient (Wildman–Crippen LogP) is 1.85. The molecule has 0 bridgehead atoms. The highest BCUT2D eigenvalue weighted by atomic mass is 15.3. The van der Waals surface area contributed by atoms with E-state index in [4.69, 9.17) is 11.0 Å². The van der Waals surface area contributed by atoms with Crippen molar-refractivity contribution in [1.29, 1.82) is 5.26 Å². The minimum Gasteiger partial charge on any atom is -0.399 e. The molecule has 2 N–H and O–H groups in total. The van der Waals surface area contributed by atoms with Gasteiger partial charge in [-0.1, -0.05) is 6.07 Å². The summed E-state index contributed by atoms with van der Waals surface area (Å²) in [7, 11) is 0. The van der Waals surface area contributed by atoms with Crippen molar-refractivity contribution in [2.24, 2.45) is 0 Å². The minimum atomic E-state index is 0.460. The van der Waals surface area contributed by atoms with Crippen molar-refractivity contribution in [3.8, 4) is 17.5 Å². The van der Waals surface area contributed by atoms with Crippen molar-refractivity contribution in [2.45, 2.75) is 0 Å². The Morgan fingerprint density at radius 2 is 1.89 bits per heavy atom. The number of rotatable bonds is 1. The molecule has 0 saturated heterocycles. The van der Waals surface area contributed by atoms with Gasteiger partial charge >= 0.3 is 0 Å². The van der Waals surface area contributed by atoms with Gasteiger partial charge in [0.25, 0.3) is 0 Å². The molecule has 2 heterocycles. The van der Waals surface area contributed by atoms with Gasteiger partial charge in [0.1, 0.15) is 11.8 Å². The number of aromatic nitrogens is 3. The fourth-order valence-electron chi connectivity index (χ4n) is 1.74. The zero-order valence-electron chi connectivity index (χ0n) is 9.41. The van der Waals surface area contributed by atoms with Crippen LogP contribution in [0.15, 0.2) is 42.5 Å². The molecule has 0 aliphatic carbocycles. The number of nitrogens with zero attached hydrogens (tertiary/aromatic N) is 4. The molecule has 0 radical (unpaired) electrons. The van der Waals surface area contributed by atoms with Crippen molar-refractivity contribution in [3.05, 3.63) is 48.2 Å². The Bertz CT molecular complexity index is 749. The van der Waals surface area contributed by atoms with Crippen LogP contribution in [-0.4, -0.2) is 14.6 Å². The summed E-state index contributed by atoms with van der Waals surface area (Å²) in [5, 5.41) is 13.3. The normalized spacial score (nSPS) is 10.4. The summed E-state index contributed by atoms with van der Waals surface area (Å²) in [6.07, 6.45) is 0. The highest BCUT2D eigenvalue weighted by Gasteiger charge is 2.08. The van der Waals surface area contributed by atoms with Gasteiger partial charge in [-0.3, -0.25) is 0 Å². The first-order valence-corrected chi connectivity index (χ1v) is 5.40. The highest BCUT2D eigenvalue weighted by Crippen LogP contribution is 2.18. The standard InChI is InChI=1S/C13H9N5/c14-8-11-2-1-3-12-16-13(17-18(11)12)9-4-6-10(15)7-5-9/h1-7H,15H2. The number of pyridine rings is 1. The average molecular weight is 235 g/mol. The lowest BCUT2D eigenvalue weighted by Gasteiger charge is -1.95. The van der Waals surface area contributed by atoms with E-state index in [1.165, 1.54) is 4.52 Å². The largest absolute Gasteiger partial charge is 0.399 e. The quantitative estimate of drug-likeness (QED) is 0.653. The summed E-state index contributed by atoms with van der Waals surface area (Å²) in [6, 6.07) is 14.7. The number of nitriles is 1. The lowest BCUT2D eigenvalue weighted by atomic mass is 10.2. The maximum atomic E-state index is 9.00. The highest BCUT2D eigenvalue weighted by molar-refractivity contribution is 5.61. The van der Waals surface area contributed by atoms with Gasteiger partial charge in [-0.05, 0) is 36.4 Å². The van der Waals surface area contributed by atoms with Gasteiger partial charge in [-0.2, -0.15) is 5.26 Å². The van der Waals surface area contributed by atoms with E-state index in [9.17, 15) is 0 Å². The molecule has 0 aliphatic heterocycles. The summed E-state index contributed by atoms with van der Waals surface area (Å²) in [6.45, 7) is 0. The summed E-state index contributed by atoms with van der Waals surface area (Å²) in [5.74, 6) is 0.581. The molecule has 0 amide bonds. The SMILES string of the molecule is N#Cc1cccc2nc(-c3ccc(N)cc3)nn12. The van der Waals surface area contributed by atoms with E-state index in [1.807, 2.05) is 18.2 Å². The van der Waals surface area contributed by atoms with Crippen LogP contribution in [-0.2, 0) is 0 Å². The van der Waals surface area contributed by atoms with E-state index in [0.717, 1.165) is 5.56 Å². The van der Waals surface area contributed by atoms with E-state index >= 15 is 0 Å².